The van der Waals surface area contributed by atoms with Gasteiger partial charge in [0.25, 0.3) is 0 Å². The first-order valence-corrected chi connectivity index (χ1v) is 7.78. The van der Waals surface area contributed by atoms with Crippen molar-refractivity contribution in [3.8, 4) is 0 Å². The van der Waals surface area contributed by atoms with Gasteiger partial charge in [-0.15, -0.1) is 0 Å². The summed E-state index contributed by atoms with van der Waals surface area (Å²) in [5.41, 5.74) is 1.31. The maximum absolute atomic E-state index is 14.1. The highest BCUT2D eigenvalue weighted by molar-refractivity contribution is 6.36. The number of nitrogens with one attached hydrogen (secondary N) is 1. The Kier molecular flexibility index (Phi) is 5.88. The fourth-order valence-corrected chi connectivity index (χ4v) is 3.15. The second-order valence-corrected chi connectivity index (χ2v) is 5.88. The molecule has 0 bridgehead atoms. The summed E-state index contributed by atoms with van der Waals surface area (Å²) in [7, 11) is 0. The van der Waals surface area contributed by atoms with E-state index in [0.29, 0.717) is 28.6 Å². The number of hydrogen-bond acceptors (Lipinski definition) is 1. The normalized spacial score (nSPS) is 12.4. The average Bonchev–Trinajstić information content (AvgIpc) is 2.44. The number of rotatable bonds is 5. The van der Waals surface area contributed by atoms with Gasteiger partial charge in [0.15, 0.2) is 0 Å². The third kappa shape index (κ3) is 3.89. The van der Waals surface area contributed by atoms with Crippen LogP contribution >= 0.6 is 34.8 Å². The fourth-order valence-electron chi connectivity index (χ4n) is 2.29. The van der Waals surface area contributed by atoms with E-state index in [0.717, 1.165) is 5.56 Å². The van der Waals surface area contributed by atoms with Crippen molar-refractivity contribution in [3.63, 3.8) is 0 Å². The predicted octanol–water partition coefficient (Wildman–Crippen LogP) is 5.68. The molecular formula is C16H15Cl3FN. The van der Waals surface area contributed by atoms with Crippen LogP contribution in [0.2, 0.25) is 15.1 Å². The zero-order valence-corrected chi connectivity index (χ0v) is 13.7. The summed E-state index contributed by atoms with van der Waals surface area (Å²) in [5, 5.41) is 4.55. The van der Waals surface area contributed by atoms with E-state index in [1.54, 1.807) is 30.3 Å². The van der Waals surface area contributed by atoms with Gasteiger partial charge >= 0.3 is 0 Å². The third-order valence-electron chi connectivity index (χ3n) is 3.25. The molecule has 0 saturated heterocycles. The van der Waals surface area contributed by atoms with Crippen LogP contribution in [0.25, 0.3) is 0 Å². The predicted molar refractivity (Wildman–Crippen MR) is 88.0 cm³/mol. The molecule has 0 aromatic heterocycles. The third-order valence-corrected chi connectivity index (χ3v) is 4.21. The molecule has 0 aliphatic rings. The molecular weight excluding hydrogens is 332 g/mol. The van der Waals surface area contributed by atoms with Crippen LogP contribution in [0.5, 0.6) is 0 Å². The maximum atomic E-state index is 14.1. The molecule has 0 amide bonds. The minimum atomic E-state index is -0.398. The molecule has 5 heteroatoms. The number of likely N-dealkylation sites (N-methyl/N-ethyl adjacent to an activating group) is 1. The summed E-state index contributed by atoms with van der Waals surface area (Å²) in [4.78, 5) is 0. The van der Waals surface area contributed by atoms with E-state index in [9.17, 15) is 4.39 Å². The molecule has 2 aromatic rings. The highest BCUT2D eigenvalue weighted by Crippen LogP contribution is 2.33. The van der Waals surface area contributed by atoms with Crippen molar-refractivity contribution in [3.05, 3.63) is 68.4 Å². The van der Waals surface area contributed by atoms with E-state index in [4.69, 9.17) is 34.8 Å². The van der Waals surface area contributed by atoms with Gasteiger partial charge in [0, 0.05) is 21.7 Å². The van der Waals surface area contributed by atoms with E-state index in [1.165, 1.54) is 6.07 Å². The molecule has 0 radical (unpaired) electrons. The first kappa shape index (κ1) is 16.6. The molecule has 2 aromatic carbocycles. The van der Waals surface area contributed by atoms with E-state index < -0.39 is 5.82 Å². The Morgan fingerprint density at radius 3 is 2.19 bits per heavy atom. The molecule has 112 valence electrons. The van der Waals surface area contributed by atoms with Crippen LogP contribution in [0.4, 0.5) is 4.39 Å². The topological polar surface area (TPSA) is 12.0 Å². The molecule has 1 atom stereocenters. The van der Waals surface area contributed by atoms with Gasteiger partial charge in [-0.2, -0.15) is 0 Å². The lowest BCUT2D eigenvalue weighted by atomic mass is 9.98. The van der Waals surface area contributed by atoms with Gasteiger partial charge in [-0.25, -0.2) is 4.39 Å². The number of hydrogen-bond donors (Lipinski definition) is 1. The zero-order chi connectivity index (χ0) is 15.4. The summed E-state index contributed by atoms with van der Waals surface area (Å²) in [6, 6.07) is 10.2. The van der Waals surface area contributed by atoms with Crippen molar-refractivity contribution in [2.45, 2.75) is 19.4 Å². The largest absolute Gasteiger partial charge is 0.310 e. The first-order valence-electron chi connectivity index (χ1n) is 6.64. The van der Waals surface area contributed by atoms with Crippen LogP contribution in [0, 0.1) is 5.82 Å². The summed E-state index contributed by atoms with van der Waals surface area (Å²) in [6.07, 6.45) is 0.420. The monoisotopic (exact) mass is 345 g/mol. The van der Waals surface area contributed by atoms with Crippen molar-refractivity contribution in [1.82, 2.24) is 5.32 Å². The van der Waals surface area contributed by atoms with Crippen molar-refractivity contribution in [2.24, 2.45) is 0 Å². The lowest BCUT2D eigenvalue weighted by Gasteiger charge is -2.21. The van der Waals surface area contributed by atoms with Crippen molar-refractivity contribution in [1.29, 1.82) is 0 Å². The molecule has 0 saturated carbocycles. The molecule has 1 unspecified atom stereocenters. The maximum Gasteiger partial charge on any atom is 0.145 e. The standard InChI is InChI=1S/C16H15Cl3FN/c1-2-21-14(15-11(17)6-4-7-12(15)18)9-10-5-3-8-13(19)16(10)20/h3-8,14,21H,2,9H2,1H3. The van der Waals surface area contributed by atoms with Crippen LogP contribution in [0.15, 0.2) is 36.4 Å². The van der Waals surface area contributed by atoms with E-state index in [-0.39, 0.29) is 11.1 Å². The Balaban J connectivity index is 2.38. The van der Waals surface area contributed by atoms with Gasteiger partial charge in [-0.3, -0.25) is 0 Å². The van der Waals surface area contributed by atoms with Gasteiger partial charge in [0.1, 0.15) is 5.82 Å². The molecule has 1 N–H and O–H groups in total. The van der Waals surface area contributed by atoms with Crippen molar-refractivity contribution >= 4 is 34.8 Å². The molecule has 0 fully saturated rings. The Morgan fingerprint density at radius 2 is 1.57 bits per heavy atom. The van der Waals surface area contributed by atoms with E-state index >= 15 is 0 Å². The Hall–Kier alpha value is -0.800. The zero-order valence-electron chi connectivity index (χ0n) is 11.5. The number of benzene rings is 2. The average molecular weight is 347 g/mol. The van der Waals surface area contributed by atoms with Crippen molar-refractivity contribution in [2.75, 3.05) is 6.54 Å². The molecule has 0 aliphatic heterocycles. The Morgan fingerprint density at radius 1 is 1.00 bits per heavy atom. The molecule has 1 nitrogen and oxygen atoms in total. The van der Waals surface area contributed by atoms with Crippen LogP contribution in [-0.2, 0) is 6.42 Å². The Labute approximate surface area is 139 Å². The lowest BCUT2D eigenvalue weighted by molar-refractivity contribution is 0.528. The molecule has 21 heavy (non-hydrogen) atoms. The number of halogens is 4. The summed E-state index contributed by atoms with van der Waals surface area (Å²) in [5.74, 6) is -0.398. The van der Waals surface area contributed by atoms with Crippen LogP contribution in [-0.4, -0.2) is 6.54 Å². The van der Waals surface area contributed by atoms with E-state index in [1.807, 2.05) is 6.92 Å². The van der Waals surface area contributed by atoms with Gasteiger partial charge < -0.3 is 5.32 Å². The molecule has 0 aliphatic carbocycles. The lowest BCUT2D eigenvalue weighted by Crippen LogP contribution is -2.24. The van der Waals surface area contributed by atoms with Gasteiger partial charge in [-0.1, -0.05) is 59.9 Å². The second-order valence-electron chi connectivity index (χ2n) is 4.66. The van der Waals surface area contributed by atoms with Crippen molar-refractivity contribution < 1.29 is 4.39 Å². The van der Waals surface area contributed by atoms with Crippen LogP contribution < -0.4 is 5.32 Å². The van der Waals surface area contributed by atoms with Crippen LogP contribution in [0.1, 0.15) is 24.1 Å². The summed E-state index contributed by atoms with van der Waals surface area (Å²) >= 11 is 18.3. The molecule has 0 heterocycles. The second kappa shape index (κ2) is 7.46. The highest BCUT2D eigenvalue weighted by Gasteiger charge is 2.19. The Bertz CT molecular complexity index is 611. The minimum absolute atomic E-state index is 0.119. The SMILES string of the molecule is CCNC(Cc1cccc(Cl)c1F)c1c(Cl)cccc1Cl. The minimum Gasteiger partial charge on any atom is -0.310 e. The molecule has 0 spiro atoms. The highest BCUT2D eigenvalue weighted by atomic mass is 35.5. The smallest absolute Gasteiger partial charge is 0.145 e. The summed E-state index contributed by atoms with van der Waals surface area (Å²) in [6.45, 7) is 2.69. The first-order chi connectivity index (χ1) is 10.0. The van der Waals surface area contributed by atoms with Gasteiger partial charge in [-0.05, 0) is 36.7 Å². The van der Waals surface area contributed by atoms with Crippen LogP contribution in [0.3, 0.4) is 0 Å². The van der Waals surface area contributed by atoms with E-state index in [2.05, 4.69) is 5.32 Å². The fraction of sp³-hybridized carbons (Fsp3) is 0.250. The quantitative estimate of drug-likeness (QED) is 0.734. The molecule has 2 rings (SSSR count). The van der Waals surface area contributed by atoms with Gasteiger partial charge in [0.2, 0.25) is 0 Å². The van der Waals surface area contributed by atoms with Gasteiger partial charge in [0.05, 0.1) is 5.02 Å². The summed E-state index contributed by atoms with van der Waals surface area (Å²) < 4.78 is 14.1.